The van der Waals surface area contributed by atoms with Gasteiger partial charge in [0.05, 0.1) is 16.2 Å². The zero-order valence-corrected chi connectivity index (χ0v) is 11.0. The smallest absolute Gasteiger partial charge is 0.271 e. The highest BCUT2D eigenvalue weighted by molar-refractivity contribution is 5.67. The zero-order valence-electron chi connectivity index (χ0n) is 11.0. The molecule has 1 saturated heterocycles. The molecule has 1 aromatic carbocycles. The lowest BCUT2D eigenvalue weighted by atomic mass is 10.0. The number of nitriles is 1. The summed E-state index contributed by atoms with van der Waals surface area (Å²) in [5.41, 5.74) is 1.95. The molecule has 6 nitrogen and oxygen atoms in total. The second-order valence-electron chi connectivity index (χ2n) is 4.83. The van der Waals surface area contributed by atoms with E-state index in [0.29, 0.717) is 11.6 Å². The van der Waals surface area contributed by atoms with Crippen LogP contribution in [-0.2, 0) is 0 Å². The van der Waals surface area contributed by atoms with Crippen molar-refractivity contribution in [3.8, 4) is 6.07 Å². The van der Waals surface area contributed by atoms with Crippen LogP contribution in [0, 0.1) is 28.4 Å². The van der Waals surface area contributed by atoms with E-state index >= 15 is 0 Å². The number of nitro benzene ring substituents is 1. The summed E-state index contributed by atoms with van der Waals surface area (Å²) in [6, 6.07) is 5.31. The number of hydrogen-bond acceptors (Lipinski definition) is 5. The van der Waals surface area contributed by atoms with Gasteiger partial charge < -0.3 is 10.2 Å². The molecule has 0 spiro atoms. The summed E-state index contributed by atoms with van der Waals surface area (Å²) < 4.78 is 0. The number of nitrogens with zero attached hydrogens (tertiary/aromatic N) is 3. The third-order valence-corrected chi connectivity index (χ3v) is 3.30. The molecule has 0 bridgehead atoms. The second kappa shape index (κ2) is 5.24. The largest absolute Gasteiger partial charge is 0.367 e. The first-order valence-corrected chi connectivity index (χ1v) is 6.20. The quantitative estimate of drug-likeness (QED) is 0.644. The van der Waals surface area contributed by atoms with E-state index in [2.05, 4.69) is 23.2 Å². The average molecular weight is 260 g/mol. The van der Waals surface area contributed by atoms with Crippen molar-refractivity contribution < 1.29 is 4.92 Å². The summed E-state index contributed by atoms with van der Waals surface area (Å²) >= 11 is 0. The van der Waals surface area contributed by atoms with E-state index < -0.39 is 4.92 Å². The highest BCUT2D eigenvalue weighted by Crippen LogP contribution is 2.30. The molecule has 0 amide bonds. The Kier molecular flexibility index (Phi) is 3.67. The number of aryl methyl sites for hydroxylation is 1. The Morgan fingerprint density at radius 3 is 2.89 bits per heavy atom. The molecule has 1 unspecified atom stereocenters. The van der Waals surface area contributed by atoms with Crippen LogP contribution in [0.4, 0.5) is 11.4 Å². The molecule has 0 aliphatic carbocycles. The van der Waals surface area contributed by atoms with Crippen LogP contribution in [0.25, 0.3) is 0 Å². The molecule has 0 radical (unpaired) electrons. The Balaban J connectivity index is 2.45. The number of non-ortho nitro benzene ring substituents is 1. The Morgan fingerprint density at radius 2 is 2.32 bits per heavy atom. The molecule has 1 aromatic rings. The van der Waals surface area contributed by atoms with E-state index in [1.165, 1.54) is 12.1 Å². The zero-order chi connectivity index (χ0) is 14.0. The maximum atomic E-state index is 10.8. The van der Waals surface area contributed by atoms with Gasteiger partial charge in [0.1, 0.15) is 6.07 Å². The number of hydrogen-bond donors (Lipinski definition) is 1. The fourth-order valence-electron chi connectivity index (χ4n) is 2.51. The van der Waals surface area contributed by atoms with Crippen molar-refractivity contribution in [1.82, 2.24) is 5.32 Å². The van der Waals surface area contributed by atoms with E-state index in [1.54, 1.807) is 0 Å². The number of anilines is 1. The monoisotopic (exact) mass is 260 g/mol. The number of benzene rings is 1. The predicted octanol–water partition coefficient (Wildman–Crippen LogP) is 1.57. The summed E-state index contributed by atoms with van der Waals surface area (Å²) in [6.07, 6.45) is 0. The Labute approximate surface area is 111 Å². The molecule has 1 aliphatic rings. The number of piperazine rings is 1. The van der Waals surface area contributed by atoms with Crippen molar-refractivity contribution in [2.24, 2.45) is 0 Å². The van der Waals surface area contributed by atoms with Crippen LogP contribution >= 0.6 is 0 Å². The predicted molar refractivity (Wildman–Crippen MR) is 72.2 cm³/mol. The van der Waals surface area contributed by atoms with Gasteiger partial charge in [0, 0.05) is 37.8 Å². The SMILES string of the molecule is Cc1cc([N+](=O)[O-])cc(C#N)c1N1CCNC(C)C1. The summed E-state index contributed by atoms with van der Waals surface area (Å²) in [5.74, 6) is 0. The van der Waals surface area contributed by atoms with Crippen molar-refractivity contribution in [2.75, 3.05) is 24.5 Å². The molecule has 6 heteroatoms. The molecular weight excluding hydrogens is 244 g/mol. The van der Waals surface area contributed by atoms with Crippen molar-refractivity contribution in [3.63, 3.8) is 0 Å². The van der Waals surface area contributed by atoms with Gasteiger partial charge in [-0.15, -0.1) is 0 Å². The van der Waals surface area contributed by atoms with Crippen LogP contribution < -0.4 is 10.2 Å². The summed E-state index contributed by atoms with van der Waals surface area (Å²) in [4.78, 5) is 12.5. The average Bonchev–Trinajstić information content (AvgIpc) is 2.37. The number of nitro groups is 1. The molecule has 0 saturated carbocycles. The first-order chi connectivity index (χ1) is 9.02. The molecular formula is C13H16N4O2. The Bertz CT molecular complexity index is 550. The van der Waals surface area contributed by atoms with Gasteiger partial charge in [-0.25, -0.2) is 0 Å². The van der Waals surface area contributed by atoms with Crippen LogP contribution in [0.1, 0.15) is 18.1 Å². The van der Waals surface area contributed by atoms with Crippen LogP contribution in [0.2, 0.25) is 0 Å². The first kappa shape index (κ1) is 13.3. The third-order valence-electron chi connectivity index (χ3n) is 3.30. The molecule has 1 heterocycles. The van der Waals surface area contributed by atoms with Crippen LogP contribution in [-0.4, -0.2) is 30.6 Å². The minimum absolute atomic E-state index is 0.0269. The van der Waals surface area contributed by atoms with Gasteiger partial charge in [0.15, 0.2) is 0 Å². The van der Waals surface area contributed by atoms with Crippen molar-refractivity contribution >= 4 is 11.4 Å². The van der Waals surface area contributed by atoms with E-state index in [4.69, 9.17) is 0 Å². The van der Waals surface area contributed by atoms with Gasteiger partial charge in [-0.1, -0.05) is 0 Å². The standard InChI is InChI=1S/C13H16N4O2/c1-9-5-12(17(18)19)6-11(7-14)13(9)16-4-3-15-10(2)8-16/h5-6,10,15H,3-4,8H2,1-2H3. The molecule has 1 aliphatic heterocycles. The minimum atomic E-state index is -0.460. The minimum Gasteiger partial charge on any atom is -0.367 e. The van der Waals surface area contributed by atoms with Crippen LogP contribution in [0.3, 0.4) is 0 Å². The summed E-state index contributed by atoms with van der Waals surface area (Å²) in [7, 11) is 0. The fraction of sp³-hybridized carbons (Fsp3) is 0.462. The third kappa shape index (κ3) is 2.66. The molecule has 1 fully saturated rings. The van der Waals surface area contributed by atoms with Crippen LogP contribution in [0.15, 0.2) is 12.1 Å². The topological polar surface area (TPSA) is 82.2 Å². The van der Waals surface area contributed by atoms with E-state index in [9.17, 15) is 15.4 Å². The summed E-state index contributed by atoms with van der Waals surface area (Å²) in [5, 5.41) is 23.4. The fourth-order valence-corrected chi connectivity index (χ4v) is 2.51. The molecule has 0 aromatic heterocycles. The number of rotatable bonds is 2. The van der Waals surface area contributed by atoms with Gasteiger partial charge >= 0.3 is 0 Å². The highest BCUT2D eigenvalue weighted by Gasteiger charge is 2.22. The van der Waals surface area contributed by atoms with Gasteiger partial charge in [-0.05, 0) is 19.4 Å². The molecule has 100 valence electrons. The van der Waals surface area contributed by atoms with Crippen molar-refractivity contribution in [3.05, 3.63) is 33.4 Å². The van der Waals surface area contributed by atoms with Crippen molar-refractivity contribution in [1.29, 1.82) is 5.26 Å². The Morgan fingerprint density at radius 1 is 1.58 bits per heavy atom. The maximum absolute atomic E-state index is 10.8. The highest BCUT2D eigenvalue weighted by atomic mass is 16.6. The van der Waals surface area contributed by atoms with E-state index in [0.717, 1.165) is 30.9 Å². The number of nitrogens with one attached hydrogen (secondary N) is 1. The van der Waals surface area contributed by atoms with Gasteiger partial charge in [0.25, 0.3) is 5.69 Å². The van der Waals surface area contributed by atoms with Gasteiger partial charge in [-0.3, -0.25) is 10.1 Å². The maximum Gasteiger partial charge on any atom is 0.271 e. The van der Waals surface area contributed by atoms with E-state index in [-0.39, 0.29) is 5.69 Å². The molecule has 1 atom stereocenters. The van der Waals surface area contributed by atoms with Crippen molar-refractivity contribution in [2.45, 2.75) is 19.9 Å². The summed E-state index contributed by atoms with van der Waals surface area (Å²) in [6.45, 7) is 6.35. The molecule has 1 N–H and O–H groups in total. The Hall–Kier alpha value is -2.13. The lowest BCUT2D eigenvalue weighted by molar-refractivity contribution is -0.384. The molecule has 19 heavy (non-hydrogen) atoms. The van der Waals surface area contributed by atoms with E-state index in [1.807, 2.05) is 6.92 Å². The lowest BCUT2D eigenvalue weighted by Gasteiger charge is -2.35. The van der Waals surface area contributed by atoms with Gasteiger partial charge in [-0.2, -0.15) is 5.26 Å². The molecule has 2 rings (SSSR count). The van der Waals surface area contributed by atoms with Crippen LogP contribution in [0.5, 0.6) is 0 Å². The normalized spacial score (nSPS) is 19.0. The second-order valence-corrected chi connectivity index (χ2v) is 4.83. The van der Waals surface area contributed by atoms with Gasteiger partial charge in [0.2, 0.25) is 0 Å². The first-order valence-electron chi connectivity index (χ1n) is 6.20. The lowest BCUT2D eigenvalue weighted by Crippen LogP contribution is -2.49.